The quantitative estimate of drug-likeness (QED) is 0.453. The molecule has 0 N–H and O–H groups in total. The van der Waals surface area contributed by atoms with E-state index in [0.29, 0.717) is 24.2 Å². The van der Waals surface area contributed by atoms with E-state index in [4.69, 9.17) is 4.74 Å². The third kappa shape index (κ3) is 3.98. The molecule has 0 aliphatic heterocycles. The number of aryl methyl sites for hydroxylation is 1. The van der Waals surface area contributed by atoms with E-state index >= 15 is 0 Å². The summed E-state index contributed by atoms with van der Waals surface area (Å²) >= 11 is 3.44. The molecule has 1 aromatic carbocycles. The summed E-state index contributed by atoms with van der Waals surface area (Å²) in [4.78, 5) is 10.5. The van der Waals surface area contributed by atoms with Crippen molar-refractivity contribution in [2.75, 3.05) is 11.9 Å². The van der Waals surface area contributed by atoms with Crippen molar-refractivity contribution in [2.24, 2.45) is 11.8 Å². The van der Waals surface area contributed by atoms with E-state index in [-0.39, 0.29) is 5.69 Å². The fraction of sp³-hybridized carbons (Fsp3) is 0.538. The zero-order valence-electron chi connectivity index (χ0n) is 10.9. The van der Waals surface area contributed by atoms with Crippen LogP contribution in [0.3, 0.4) is 0 Å². The van der Waals surface area contributed by atoms with Gasteiger partial charge < -0.3 is 4.74 Å². The molecule has 0 radical (unpaired) electrons. The highest BCUT2D eigenvalue weighted by atomic mass is 79.9. The SMILES string of the molecule is Cc1ccc(OCC(CBr)C(C)C)c([N+](=O)[O-])c1. The lowest BCUT2D eigenvalue weighted by Crippen LogP contribution is -2.19. The van der Waals surface area contributed by atoms with Gasteiger partial charge >= 0.3 is 5.69 Å². The molecular weight excluding hydrogens is 298 g/mol. The Bertz CT molecular complexity index is 421. The van der Waals surface area contributed by atoms with Crippen LogP contribution < -0.4 is 4.74 Å². The lowest BCUT2D eigenvalue weighted by Gasteiger charge is -2.18. The predicted molar refractivity (Wildman–Crippen MR) is 75.5 cm³/mol. The number of benzene rings is 1. The third-order valence-electron chi connectivity index (χ3n) is 2.91. The summed E-state index contributed by atoms with van der Waals surface area (Å²) in [5, 5.41) is 11.8. The fourth-order valence-electron chi connectivity index (χ4n) is 1.50. The van der Waals surface area contributed by atoms with Crippen LogP contribution in [0.5, 0.6) is 5.75 Å². The molecule has 0 aliphatic rings. The van der Waals surface area contributed by atoms with Gasteiger partial charge in [0.15, 0.2) is 5.75 Å². The Kier molecular flexibility index (Phi) is 5.59. The van der Waals surface area contributed by atoms with Crippen LogP contribution in [0, 0.1) is 28.9 Å². The van der Waals surface area contributed by atoms with Gasteiger partial charge in [-0.3, -0.25) is 10.1 Å². The van der Waals surface area contributed by atoms with Gasteiger partial charge in [-0.15, -0.1) is 0 Å². The van der Waals surface area contributed by atoms with Crippen LogP contribution in [-0.4, -0.2) is 16.9 Å². The molecule has 1 aromatic rings. The molecule has 0 saturated heterocycles. The number of ether oxygens (including phenoxy) is 1. The Morgan fingerprint density at radius 2 is 2.11 bits per heavy atom. The van der Waals surface area contributed by atoms with Crippen molar-refractivity contribution in [1.82, 2.24) is 0 Å². The van der Waals surface area contributed by atoms with E-state index in [1.165, 1.54) is 6.07 Å². The minimum absolute atomic E-state index is 0.0343. The minimum Gasteiger partial charge on any atom is -0.486 e. The second-order valence-corrected chi connectivity index (χ2v) is 5.35. The summed E-state index contributed by atoms with van der Waals surface area (Å²) in [5.74, 6) is 1.15. The molecule has 0 aromatic heterocycles. The number of halogens is 1. The van der Waals surface area contributed by atoms with Crippen LogP contribution in [0.25, 0.3) is 0 Å². The van der Waals surface area contributed by atoms with Gasteiger partial charge in [0.05, 0.1) is 11.5 Å². The average molecular weight is 316 g/mol. The molecular formula is C13H18BrNO3. The number of nitro benzene ring substituents is 1. The fourth-order valence-corrected chi connectivity index (χ4v) is 2.44. The topological polar surface area (TPSA) is 52.4 Å². The second kappa shape index (κ2) is 6.73. The molecule has 0 fully saturated rings. The average Bonchev–Trinajstić information content (AvgIpc) is 2.30. The Hall–Kier alpha value is -1.10. The first-order chi connectivity index (χ1) is 8.45. The van der Waals surface area contributed by atoms with Crippen molar-refractivity contribution in [1.29, 1.82) is 0 Å². The molecule has 1 rings (SSSR count). The summed E-state index contributed by atoms with van der Waals surface area (Å²) in [6.45, 7) is 6.52. The molecule has 0 bridgehead atoms. The van der Waals surface area contributed by atoms with Crippen molar-refractivity contribution >= 4 is 21.6 Å². The van der Waals surface area contributed by atoms with E-state index in [1.807, 2.05) is 13.0 Å². The Morgan fingerprint density at radius 1 is 1.44 bits per heavy atom. The molecule has 0 saturated carbocycles. The maximum absolute atomic E-state index is 10.9. The van der Waals surface area contributed by atoms with Crippen molar-refractivity contribution in [3.05, 3.63) is 33.9 Å². The van der Waals surface area contributed by atoms with E-state index in [9.17, 15) is 10.1 Å². The van der Waals surface area contributed by atoms with E-state index in [2.05, 4.69) is 29.8 Å². The molecule has 18 heavy (non-hydrogen) atoms. The van der Waals surface area contributed by atoms with Gasteiger partial charge in [0.2, 0.25) is 0 Å². The molecule has 4 nitrogen and oxygen atoms in total. The van der Waals surface area contributed by atoms with Gasteiger partial charge in [0.25, 0.3) is 0 Å². The van der Waals surface area contributed by atoms with Crippen molar-refractivity contribution in [2.45, 2.75) is 20.8 Å². The monoisotopic (exact) mass is 315 g/mol. The molecule has 0 spiro atoms. The highest BCUT2D eigenvalue weighted by Gasteiger charge is 2.18. The van der Waals surface area contributed by atoms with Crippen LogP contribution in [0.15, 0.2) is 18.2 Å². The van der Waals surface area contributed by atoms with Crippen LogP contribution >= 0.6 is 15.9 Å². The normalized spacial score (nSPS) is 12.5. The van der Waals surface area contributed by atoms with Gasteiger partial charge in [-0.1, -0.05) is 35.8 Å². The standard InChI is InChI=1S/C13H18BrNO3/c1-9(2)11(7-14)8-18-13-5-4-10(3)6-12(13)15(16)17/h4-6,9,11H,7-8H2,1-3H3. The van der Waals surface area contributed by atoms with Gasteiger partial charge in [-0.25, -0.2) is 0 Å². The summed E-state index contributed by atoms with van der Waals surface area (Å²) < 4.78 is 5.60. The molecule has 1 atom stereocenters. The molecule has 0 amide bonds. The first-order valence-electron chi connectivity index (χ1n) is 5.89. The summed E-state index contributed by atoms with van der Waals surface area (Å²) in [6.07, 6.45) is 0. The first-order valence-corrected chi connectivity index (χ1v) is 7.01. The third-order valence-corrected chi connectivity index (χ3v) is 3.74. The van der Waals surface area contributed by atoms with Crippen molar-refractivity contribution in [3.63, 3.8) is 0 Å². The van der Waals surface area contributed by atoms with Crippen LogP contribution in [0.2, 0.25) is 0 Å². The summed E-state index contributed by atoms with van der Waals surface area (Å²) in [6, 6.07) is 5.02. The first kappa shape index (κ1) is 15.0. The zero-order chi connectivity index (χ0) is 13.7. The number of alkyl halides is 1. The molecule has 5 heteroatoms. The summed E-state index contributed by atoms with van der Waals surface area (Å²) in [7, 11) is 0. The van der Waals surface area contributed by atoms with Gasteiger partial charge in [0.1, 0.15) is 0 Å². The number of hydrogen-bond donors (Lipinski definition) is 0. The number of nitrogens with zero attached hydrogens (tertiary/aromatic N) is 1. The second-order valence-electron chi connectivity index (χ2n) is 4.70. The number of nitro groups is 1. The molecule has 100 valence electrons. The van der Waals surface area contributed by atoms with Crippen LogP contribution in [-0.2, 0) is 0 Å². The van der Waals surface area contributed by atoms with Gasteiger partial charge in [0, 0.05) is 17.3 Å². The predicted octanol–water partition coefficient (Wildman–Crippen LogP) is 3.95. The van der Waals surface area contributed by atoms with Crippen LogP contribution in [0.4, 0.5) is 5.69 Å². The maximum Gasteiger partial charge on any atom is 0.311 e. The summed E-state index contributed by atoms with van der Waals surface area (Å²) in [5.41, 5.74) is 0.891. The van der Waals surface area contributed by atoms with Crippen LogP contribution in [0.1, 0.15) is 19.4 Å². The smallest absolute Gasteiger partial charge is 0.311 e. The lowest BCUT2D eigenvalue weighted by atomic mass is 9.99. The highest BCUT2D eigenvalue weighted by molar-refractivity contribution is 9.09. The van der Waals surface area contributed by atoms with Gasteiger partial charge in [-0.2, -0.15) is 0 Å². The largest absolute Gasteiger partial charge is 0.486 e. The lowest BCUT2D eigenvalue weighted by molar-refractivity contribution is -0.386. The zero-order valence-corrected chi connectivity index (χ0v) is 12.4. The number of hydrogen-bond acceptors (Lipinski definition) is 3. The van der Waals surface area contributed by atoms with E-state index in [1.54, 1.807) is 6.07 Å². The van der Waals surface area contributed by atoms with Crippen molar-refractivity contribution in [3.8, 4) is 5.75 Å². The highest BCUT2D eigenvalue weighted by Crippen LogP contribution is 2.28. The Morgan fingerprint density at radius 3 is 2.61 bits per heavy atom. The minimum atomic E-state index is -0.402. The molecule has 0 heterocycles. The Balaban J connectivity index is 2.81. The van der Waals surface area contributed by atoms with E-state index in [0.717, 1.165) is 10.9 Å². The maximum atomic E-state index is 10.9. The Labute approximate surface area is 116 Å². The van der Waals surface area contributed by atoms with Gasteiger partial charge in [-0.05, 0) is 24.5 Å². The number of rotatable bonds is 6. The molecule has 1 unspecified atom stereocenters. The van der Waals surface area contributed by atoms with Crippen molar-refractivity contribution < 1.29 is 9.66 Å². The van der Waals surface area contributed by atoms with E-state index < -0.39 is 4.92 Å². The molecule has 0 aliphatic carbocycles.